The van der Waals surface area contributed by atoms with Crippen LogP contribution in [0.4, 0.5) is 0 Å². The van der Waals surface area contributed by atoms with E-state index in [4.69, 9.17) is 0 Å². The summed E-state index contributed by atoms with van der Waals surface area (Å²) in [7, 11) is 0. The lowest BCUT2D eigenvalue weighted by Gasteiger charge is -2.34. The largest absolute Gasteiger partial charge is 0.323 e. The molecule has 2 rings (SSSR count). The zero-order valence-electron chi connectivity index (χ0n) is 11.8. The van der Waals surface area contributed by atoms with Gasteiger partial charge < -0.3 is 4.90 Å². The van der Waals surface area contributed by atoms with Crippen LogP contribution in [0.5, 0.6) is 0 Å². The van der Waals surface area contributed by atoms with E-state index < -0.39 is 0 Å². The minimum atomic E-state index is 0.0597. The summed E-state index contributed by atoms with van der Waals surface area (Å²) in [5.41, 5.74) is 0. The van der Waals surface area contributed by atoms with Crippen molar-refractivity contribution >= 4 is 17.7 Å². The molecule has 0 aromatic rings. The van der Waals surface area contributed by atoms with Crippen molar-refractivity contribution < 1.29 is 4.79 Å². The van der Waals surface area contributed by atoms with E-state index in [1.54, 1.807) is 0 Å². The highest BCUT2D eigenvalue weighted by molar-refractivity contribution is 7.99. The molecule has 0 aromatic heterocycles. The molecule has 3 nitrogen and oxygen atoms in total. The first kappa shape index (κ1) is 14.2. The summed E-state index contributed by atoms with van der Waals surface area (Å²) >= 11 is 2.02. The van der Waals surface area contributed by atoms with Crippen LogP contribution in [0.1, 0.15) is 46.5 Å². The maximum absolute atomic E-state index is 12.6. The number of hydrogen-bond acceptors (Lipinski definition) is 3. The molecule has 2 heterocycles. The first-order valence-electron chi connectivity index (χ1n) is 7.29. The van der Waals surface area contributed by atoms with E-state index in [1.165, 1.54) is 24.3 Å². The van der Waals surface area contributed by atoms with Gasteiger partial charge in [0.05, 0.1) is 12.2 Å². The number of hydrogen-bond donors (Lipinski definition) is 1. The van der Waals surface area contributed by atoms with E-state index in [-0.39, 0.29) is 12.2 Å². The molecule has 0 saturated carbocycles. The van der Waals surface area contributed by atoms with Gasteiger partial charge in [0.1, 0.15) is 0 Å². The number of nitrogens with one attached hydrogen (secondary N) is 1. The highest BCUT2D eigenvalue weighted by Gasteiger charge is 2.41. The second-order valence-corrected chi connectivity index (χ2v) is 7.09. The van der Waals surface area contributed by atoms with Crippen molar-refractivity contribution in [3.8, 4) is 0 Å². The lowest BCUT2D eigenvalue weighted by Crippen LogP contribution is -2.45. The molecule has 2 fully saturated rings. The monoisotopic (exact) mass is 270 g/mol. The Morgan fingerprint density at radius 3 is 2.61 bits per heavy atom. The Morgan fingerprint density at radius 1 is 1.39 bits per heavy atom. The van der Waals surface area contributed by atoms with Crippen molar-refractivity contribution in [2.45, 2.75) is 64.7 Å². The molecule has 0 aliphatic carbocycles. The van der Waals surface area contributed by atoms with Crippen LogP contribution >= 0.6 is 11.8 Å². The molecule has 2 saturated heterocycles. The number of nitrogens with zero attached hydrogens (tertiary/aromatic N) is 1. The summed E-state index contributed by atoms with van der Waals surface area (Å²) in [6.07, 6.45) is 4.60. The summed E-state index contributed by atoms with van der Waals surface area (Å²) in [5.74, 6) is 3.35. The van der Waals surface area contributed by atoms with Crippen LogP contribution in [0.15, 0.2) is 0 Å². The van der Waals surface area contributed by atoms with Crippen molar-refractivity contribution in [1.82, 2.24) is 10.2 Å². The van der Waals surface area contributed by atoms with E-state index >= 15 is 0 Å². The van der Waals surface area contributed by atoms with Crippen molar-refractivity contribution in [2.24, 2.45) is 5.92 Å². The van der Waals surface area contributed by atoms with Crippen molar-refractivity contribution in [1.29, 1.82) is 0 Å². The van der Waals surface area contributed by atoms with Crippen LogP contribution in [0.2, 0.25) is 0 Å². The van der Waals surface area contributed by atoms with Crippen LogP contribution in [0.3, 0.4) is 0 Å². The van der Waals surface area contributed by atoms with Gasteiger partial charge in [-0.25, -0.2) is 0 Å². The smallest absolute Gasteiger partial charge is 0.241 e. The molecule has 4 heteroatoms. The predicted molar refractivity (Wildman–Crippen MR) is 77.7 cm³/mol. The molecule has 2 aliphatic rings. The summed E-state index contributed by atoms with van der Waals surface area (Å²) in [6, 6.07) is 0.540. The van der Waals surface area contributed by atoms with Crippen molar-refractivity contribution in [2.75, 3.05) is 11.5 Å². The first-order valence-corrected chi connectivity index (χ1v) is 8.45. The number of thioether (sulfide) groups is 1. The minimum Gasteiger partial charge on any atom is -0.323 e. The van der Waals surface area contributed by atoms with E-state index in [2.05, 4.69) is 31.0 Å². The zero-order chi connectivity index (χ0) is 13.1. The fourth-order valence-corrected chi connectivity index (χ4v) is 4.15. The Kier molecular flexibility index (Phi) is 4.96. The van der Waals surface area contributed by atoms with Gasteiger partial charge in [-0.15, -0.1) is 0 Å². The topological polar surface area (TPSA) is 32.3 Å². The molecule has 1 N–H and O–H groups in total. The molecule has 2 aliphatic heterocycles. The van der Waals surface area contributed by atoms with E-state index in [1.807, 2.05) is 11.8 Å². The average Bonchev–Trinajstić information content (AvgIpc) is 2.66. The Hall–Kier alpha value is -0.220. The fraction of sp³-hybridized carbons (Fsp3) is 0.929. The normalized spacial score (nSPS) is 30.4. The van der Waals surface area contributed by atoms with Crippen molar-refractivity contribution in [3.05, 3.63) is 0 Å². The predicted octanol–water partition coefficient (Wildman–Crippen LogP) is 2.46. The second kappa shape index (κ2) is 6.29. The molecule has 0 bridgehead atoms. The molecular weight excluding hydrogens is 244 g/mol. The molecule has 0 spiro atoms. The van der Waals surface area contributed by atoms with Gasteiger partial charge in [0.2, 0.25) is 5.91 Å². The molecular formula is C14H26N2OS. The first-order chi connectivity index (χ1) is 8.63. The van der Waals surface area contributed by atoms with Gasteiger partial charge in [-0.1, -0.05) is 20.8 Å². The number of carbonyl (C=O) groups excluding carboxylic acids is 1. The Bertz CT molecular complexity index is 290. The van der Waals surface area contributed by atoms with Gasteiger partial charge in [-0.3, -0.25) is 10.1 Å². The Morgan fingerprint density at radius 2 is 2.06 bits per heavy atom. The third kappa shape index (κ3) is 3.02. The van der Waals surface area contributed by atoms with Gasteiger partial charge in [-0.2, -0.15) is 11.8 Å². The minimum absolute atomic E-state index is 0.0597. The van der Waals surface area contributed by atoms with Crippen LogP contribution in [0.25, 0.3) is 0 Å². The SMILES string of the molecule is CCC1NC(CC(C)C)C(=O)N1C1CCSCC1. The molecule has 0 radical (unpaired) electrons. The zero-order valence-corrected chi connectivity index (χ0v) is 12.6. The quantitative estimate of drug-likeness (QED) is 0.852. The standard InChI is InChI=1S/C14H26N2OS/c1-4-13-15-12(9-10(2)3)14(17)16(13)11-5-7-18-8-6-11/h10-13,15H,4-9H2,1-3H3. The van der Waals surface area contributed by atoms with E-state index in [9.17, 15) is 4.79 Å². The molecule has 2 unspecified atom stereocenters. The number of amides is 1. The van der Waals surface area contributed by atoms with Gasteiger partial charge >= 0.3 is 0 Å². The molecule has 104 valence electrons. The highest BCUT2D eigenvalue weighted by Crippen LogP contribution is 2.28. The summed E-state index contributed by atoms with van der Waals surface area (Å²) in [6.45, 7) is 6.55. The van der Waals surface area contributed by atoms with E-state index in [0.29, 0.717) is 17.9 Å². The average molecular weight is 270 g/mol. The molecule has 2 atom stereocenters. The molecule has 18 heavy (non-hydrogen) atoms. The lowest BCUT2D eigenvalue weighted by atomic mass is 10.0. The molecule has 1 amide bonds. The van der Waals surface area contributed by atoms with Crippen LogP contribution in [0, 0.1) is 5.92 Å². The van der Waals surface area contributed by atoms with Gasteiger partial charge in [0, 0.05) is 6.04 Å². The second-order valence-electron chi connectivity index (χ2n) is 5.86. The third-order valence-corrected chi connectivity index (χ3v) is 5.01. The van der Waals surface area contributed by atoms with Crippen LogP contribution < -0.4 is 5.32 Å². The Labute approximate surface area is 115 Å². The van der Waals surface area contributed by atoms with Crippen molar-refractivity contribution in [3.63, 3.8) is 0 Å². The number of carbonyl (C=O) groups is 1. The fourth-order valence-electron chi connectivity index (χ4n) is 3.07. The van der Waals surface area contributed by atoms with Crippen LogP contribution in [-0.2, 0) is 4.79 Å². The number of rotatable bonds is 4. The lowest BCUT2D eigenvalue weighted by molar-refractivity contribution is -0.132. The molecule has 0 aromatic carbocycles. The van der Waals surface area contributed by atoms with Crippen LogP contribution in [-0.4, -0.2) is 40.6 Å². The highest BCUT2D eigenvalue weighted by atomic mass is 32.2. The maximum Gasteiger partial charge on any atom is 0.241 e. The van der Waals surface area contributed by atoms with E-state index in [0.717, 1.165) is 12.8 Å². The summed E-state index contributed by atoms with van der Waals surface area (Å²) in [5, 5.41) is 3.54. The van der Waals surface area contributed by atoms with Gasteiger partial charge in [0.15, 0.2) is 0 Å². The van der Waals surface area contributed by atoms with Gasteiger partial charge in [-0.05, 0) is 43.1 Å². The third-order valence-electron chi connectivity index (χ3n) is 3.96. The Balaban J connectivity index is 2.04. The summed E-state index contributed by atoms with van der Waals surface area (Å²) < 4.78 is 0. The maximum atomic E-state index is 12.6. The van der Waals surface area contributed by atoms with Gasteiger partial charge in [0.25, 0.3) is 0 Å². The summed E-state index contributed by atoms with van der Waals surface area (Å²) in [4.78, 5) is 14.7.